The lowest BCUT2D eigenvalue weighted by atomic mass is 10.0. The van der Waals surface area contributed by atoms with Crippen molar-refractivity contribution in [2.45, 2.75) is 37.5 Å². The molecular formula is C20H24Cl2N2O4S. The molecule has 2 saturated heterocycles. The largest absolute Gasteiger partial charge is 0.466 e. The highest BCUT2D eigenvalue weighted by atomic mass is 35.5. The molecule has 0 unspecified atom stereocenters. The lowest BCUT2D eigenvalue weighted by Crippen LogP contribution is -2.53. The molecule has 9 heteroatoms. The molecule has 2 aliphatic rings. The first kappa shape index (κ1) is 22.2. The van der Waals surface area contributed by atoms with Crippen LogP contribution in [-0.2, 0) is 14.3 Å². The van der Waals surface area contributed by atoms with E-state index in [2.05, 4.69) is 0 Å². The van der Waals surface area contributed by atoms with E-state index in [0.29, 0.717) is 54.7 Å². The third-order valence-corrected chi connectivity index (χ3v) is 7.43. The van der Waals surface area contributed by atoms with E-state index >= 15 is 0 Å². The molecule has 0 atom stereocenters. The number of thioether (sulfide) groups is 1. The standard InChI is InChI=1S/C20H24Cl2N2O4S/c1-2-28-18(26)6-5-17(25)23-9-7-20(8-10-23)24(11-12-29-20)19(27)15-4-3-14(21)13-16(15)22/h3-4,13H,2,5-12H2,1H3. The minimum atomic E-state index is -0.350. The Morgan fingerprint density at radius 1 is 1.14 bits per heavy atom. The summed E-state index contributed by atoms with van der Waals surface area (Å²) in [6, 6.07) is 4.91. The molecule has 29 heavy (non-hydrogen) atoms. The molecule has 0 bridgehead atoms. The second kappa shape index (κ2) is 9.58. The molecule has 2 heterocycles. The topological polar surface area (TPSA) is 66.9 Å². The Kier molecular flexibility index (Phi) is 7.35. The molecule has 0 N–H and O–H groups in total. The van der Waals surface area contributed by atoms with Crippen molar-refractivity contribution >= 4 is 52.7 Å². The zero-order chi connectivity index (χ0) is 21.0. The minimum Gasteiger partial charge on any atom is -0.466 e. The minimum absolute atomic E-state index is 0.0467. The summed E-state index contributed by atoms with van der Waals surface area (Å²) < 4.78 is 4.88. The van der Waals surface area contributed by atoms with Gasteiger partial charge in [0.2, 0.25) is 5.91 Å². The highest BCUT2D eigenvalue weighted by molar-refractivity contribution is 8.00. The molecule has 2 aliphatic heterocycles. The summed E-state index contributed by atoms with van der Waals surface area (Å²) in [6.45, 7) is 3.84. The molecule has 1 spiro atoms. The van der Waals surface area contributed by atoms with Crippen molar-refractivity contribution in [1.29, 1.82) is 0 Å². The van der Waals surface area contributed by atoms with E-state index in [-0.39, 0.29) is 35.5 Å². The van der Waals surface area contributed by atoms with E-state index in [1.807, 2.05) is 4.90 Å². The van der Waals surface area contributed by atoms with Gasteiger partial charge < -0.3 is 14.5 Å². The number of benzene rings is 1. The van der Waals surface area contributed by atoms with Crippen LogP contribution < -0.4 is 0 Å². The van der Waals surface area contributed by atoms with E-state index in [1.54, 1.807) is 41.8 Å². The van der Waals surface area contributed by atoms with Crippen molar-refractivity contribution in [2.24, 2.45) is 0 Å². The Morgan fingerprint density at radius 2 is 1.86 bits per heavy atom. The normalized spacial score (nSPS) is 18.2. The number of hydrogen-bond donors (Lipinski definition) is 0. The smallest absolute Gasteiger partial charge is 0.306 e. The van der Waals surface area contributed by atoms with E-state index in [4.69, 9.17) is 27.9 Å². The van der Waals surface area contributed by atoms with E-state index < -0.39 is 0 Å². The fourth-order valence-electron chi connectivity index (χ4n) is 3.82. The quantitative estimate of drug-likeness (QED) is 0.626. The third-order valence-electron chi connectivity index (χ3n) is 5.33. The highest BCUT2D eigenvalue weighted by Crippen LogP contribution is 2.45. The van der Waals surface area contributed by atoms with Crippen molar-refractivity contribution < 1.29 is 19.1 Å². The summed E-state index contributed by atoms with van der Waals surface area (Å²) in [4.78, 5) is 40.4. The van der Waals surface area contributed by atoms with E-state index in [9.17, 15) is 14.4 Å². The van der Waals surface area contributed by atoms with Gasteiger partial charge >= 0.3 is 5.97 Å². The average Bonchev–Trinajstić information content (AvgIpc) is 3.09. The maximum atomic E-state index is 13.2. The van der Waals surface area contributed by atoms with Crippen molar-refractivity contribution in [3.8, 4) is 0 Å². The van der Waals surface area contributed by atoms with Gasteiger partial charge in [-0.3, -0.25) is 14.4 Å². The number of piperidine rings is 1. The summed E-state index contributed by atoms with van der Waals surface area (Å²) in [5, 5.41) is 0.841. The predicted molar refractivity (Wildman–Crippen MR) is 114 cm³/mol. The van der Waals surface area contributed by atoms with Gasteiger partial charge in [-0.2, -0.15) is 0 Å². The summed E-state index contributed by atoms with van der Waals surface area (Å²) in [6.07, 6.45) is 1.64. The molecule has 1 aromatic carbocycles. The van der Waals surface area contributed by atoms with Gasteiger partial charge in [0.15, 0.2) is 0 Å². The second-order valence-electron chi connectivity index (χ2n) is 7.06. The number of amides is 2. The molecule has 2 fully saturated rings. The molecule has 158 valence electrons. The number of ether oxygens (including phenoxy) is 1. The van der Waals surface area contributed by atoms with Crippen LogP contribution in [0.25, 0.3) is 0 Å². The van der Waals surface area contributed by atoms with Crippen LogP contribution >= 0.6 is 35.0 Å². The Morgan fingerprint density at radius 3 is 2.52 bits per heavy atom. The molecular weight excluding hydrogens is 435 g/mol. The molecule has 0 aromatic heterocycles. The number of carbonyl (C=O) groups is 3. The molecule has 6 nitrogen and oxygen atoms in total. The van der Waals surface area contributed by atoms with Gasteiger partial charge in [-0.05, 0) is 38.0 Å². The Hall–Kier alpha value is -1.44. The predicted octanol–water partition coefficient (Wildman–Crippen LogP) is 3.84. The Bertz CT molecular complexity index is 797. The Labute approximate surface area is 184 Å². The molecule has 1 aromatic rings. The van der Waals surface area contributed by atoms with E-state index in [0.717, 1.165) is 5.75 Å². The average molecular weight is 459 g/mol. The zero-order valence-electron chi connectivity index (χ0n) is 16.3. The number of likely N-dealkylation sites (tertiary alicyclic amines) is 1. The number of esters is 1. The second-order valence-corrected chi connectivity index (χ2v) is 9.36. The Balaban J connectivity index is 1.62. The summed E-state index contributed by atoms with van der Waals surface area (Å²) >= 11 is 14.0. The maximum Gasteiger partial charge on any atom is 0.306 e. The number of carbonyl (C=O) groups excluding carboxylic acids is 3. The van der Waals surface area contributed by atoms with Crippen LogP contribution in [0.1, 0.15) is 43.0 Å². The molecule has 0 saturated carbocycles. The van der Waals surface area contributed by atoms with Crippen LogP contribution in [0.15, 0.2) is 18.2 Å². The fraction of sp³-hybridized carbons (Fsp3) is 0.550. The first-order chi connectivity index (χ1) is 13.9. The lowest BCUT2D eigenvalue weighted by Gasteiger charge is -2.44. The van der Waals surface area contributed by atoms with Crippen molar-refractivity contribution in [2.75, 3.05) is 32.0 Å². The van der Waals surface area contributed by atoms with Gasteiger partial charge in [0.25, 0.3) is 5.91 Å². The zero-order valence-corrected chi connectivity index (χ0v) is 18.6. The van der Waals surface area contributed by atoms with Gasteiger partial charge in [0, 0.05) is 36.8 Å². The first-order valence-corrected chi connectivity index (χ1v) is 11.4. The molecule has 2 amide bonds. The van der Waals surface area contributed by atoms with Gasteiger partial charge in [-0.1, -0.05) is 23.2 Å². The van der Waals surface area contributed by atoms with Crippen LogP contribution in [0.5, 0.6) is 0 Å². The SMILES string of the molecule is CCOC(=O)CCC(=O)N1CCC2(CC1)SCCN2C(=O)c1ccc(Cl)cc1Cl. The van der Waals surface area contributed by atoms with Gasteiger partial charge in [0.05, 0.1) is 28.5 Å². The third kappa shape index (κ3) is 5.01. The number of rotatable bonds is 5. The van der Waals surface area contributed by atoms with Crippen LogP contribution in [0.3, 0.4) is 0 Å². The number of nitrogens with zero attached hydrogens (tertiary/aromatic N) is 2. The van der Waals surface area contributed by atoms with Crippen LogP contribution in [0, 0.1) is 0 Å². The van der Waals surface area contributed by atoms with Gasteiger partial charge in [-0.15, -0.1) is 11.8 Å². The lowest BCUT2D eigenvalue weighted by molar-refractivity contribution is -0.146. The maximum absolute atomic E-state index is 13.2. The van der Waals surface area contributed by atoms with Crippen LogP contribution in [-0.4, -0.2) is 64.4 Å². The number of hydrogen-bond acceptors (Lipinski definition) is 5. The van der Waals surface area contributed by atoms with E-state index in [1.165, 1.54) is 0 Å². The van der Waals surface area contributed by atoms with Crippen LogP contribution in [0.4, 0.5) is 0 Å². The summed E-state index contributed by atoms with van der Waals surface area (Å²) in [7, 11) is 0. The number of halogens is 2. The summed E-state index contributed by atoms with van der Waals surface area (Å²) in [5.41, 5.74) is 0.450. The van der Waals surface area contributed by atoms with Crippen LogP contribution in [0.2, 0.25) is 10.0 Å². The first-order valence-electron chi connectivity index (χ1n) is 9.70. The van der Waals surface area contributed by atoms with Crippen molar-refractivity contribution in [3.05, 3.63) is 33.8 Å². The fourth-order valence-corrected chi connectivity index (χ4v) is 5.77. The summed E-state index contributed by atoms with van der Waals surface area (Å²) in [5.74, 6) is 0.360. The molecule has 3 rings (SSSR count). The monoisotopic (exact) mass is 458 g/mol. The van der Waals surface area contributed by atoms with Crippen molar-refractivity contribution in [1.82, 2.24) is 9.80 Å². The van der Waals surface area contributed by atoms with Gasteiger partial charge in [-0.25, -0.2) is 0 Å². The molecule has 0 aliphatic carbocycles. The van der Waals surface area contributed by atoms with Crippen molar-refractivity contribution in [3.63, 3.8) is 0 Å². The highest BCUT2D eigenvalue weighted by Gasteiger charge is 2.47. The molecule has 0 radical (unpaired) electrons. The van der Waals surface area contributed by atoms with Gasteiger partial charge in [0.1, 0.15) is 0 Å².